The largest absolute Gasteiger partial charge is 0.482 e. The van der Waals surface area contributed by atoms with E-state index in [1.165, 1.54) is 0 Å². The van der Waals surface area contributed by atoms with E-state index in [9.17, 15) is 4.79 Å². The van der Waals surface area contributed by atoms with E-state index in [1.54, 1.807) is 11.9 Å². The van der Waals surface area contributed by atoms with Crippen molar-refractivity contribution in [3.8, 4) is 5.75 Å². The van der Waals surface area contributed by atoms with Crippen LogP contribution >= 0.6 is 0 Å². The third kappa shape index (κ3) is 4.22. The number of anilines is 1. The third-order valence-electron chi connectivity index (χ3n) is 4.06. The van der Waals surface area contributed by atoms with Crippen LogP contribution in [0.25, 0.3) is 0 Å². The molecule has 0 aliphatic carbocycles. The normalized spacial score (nSPS) is 14.7. The van der Waals surface area contributed by atoms with E-state index in [4.69, 9.17) is 9.57 Å². The molecule has 0 spiro atoms. The Labute approximate surface area is 137 Å². The molecule has 1 amide bonds. The second-order valence-corrected chi connectivity index (χ2v) is 5.46. The lowest BCUT2D eigenvalue weighted by Gasteiger charge is -2.26. The molecule has 0 atom stereocenters. The summed E-state index contributed by atoms with van der Waals surface area (Å²) < 4.78 is 5.42. The van der Waals surface area contributed by atoms with Crippen molar-refractivity contribution >= 4 is 17.3 Å². The van der Waals surface area contributed by atoms with Gasteiger partial charge >= 0.3 is 0 Å². The van der Waals surface area contributed by atoms with Crippen molar-refractivity contribution in [3.05, 3.63) is 23.8 Å². The molecule has 1 aliphatic rings. The highest BCUT2D eigenvalue weighted by molar-refractivity contribution is 6.02. The Bertz CT molecular complexity index is 582. The number of benzene rings is 1. The highest BCUT2D eigenvalue weighted by Crippen LogP contribution is 2.32. The highest BCUT2D eigenvalue weighted by atomic mass is 16.6. The van der Waals surface area contributed by atoms with E-state index in [0.29, 0.717) is 12.4 Å². The Morgan fingerprint density at radius 1 is 1.39 bits per heavy atom. The maximum Gasteiger partial charge on any atom is 0.264 e. The number of hydrogen-bond donors (Lipinski definition) is 0. The fraction of sp³-hybridized carbons (Fsp3) is 0.529. The van der Waals surface area contributed by atoms with Crippen LogP contribution in [0.5, 0.6) is 5.75 Å². The first kappa shape index (κ1) is 17.3. The number of rotatable bonds is 7. The molecule has 0 radical (unpaired) electrons. The molecule has 126 valence electrons. The van der Waals surface area contributed by atoms with E-state index in [1.807, 2.05) is 25.1 Å². The standard InChI is InChI=1S/C17H25N3O3/c1-5-20(6-2)9-10-23-18-13(3)14-7-8-16-15(11-14)19(4)17(21)12-22-16/h7-8,11H,5-6,9-10,12H2,1-4H3/b18-13+. The number of nitrogens with zero attached hydrogens (tertiary/aromatic N) is 3. The summed E-state index contributed by atoms with van der Waals surface area (Å²) in [6.07, 6.45) is 0. The number of oxime groups is 1. The van der Waals surface area contributed by atoms with Gasteiger partial charge in [0.2, 0.25) is 0 Å². The molecule has 0 aromatic heterocycles. The van der Waals surface area contributed by atoms with Gasteiger partial charge in [0.15, 0.2) is 6.61 Å². The topological polar surface area (TPSA) is 54.4 Å². The number of carbonyl (C=O) groups excluding carboxylic acids is 1. The monoisotopic (exact) mass is 319 g/mol. The molecular weight excluding hydrogens is 294 g/mol. The van der Waals surface area contributed by atoms with Crippen molar-refractivity contribution in [2.24, 2.45) is 5.16 Å². The Morgan fingerprint density at radius 2 is 2.13 bits per heavy atom. The zero-order valence-corrected chi connectivity index (χ0v) is 14.3. The van der Waals surface area contributed by atoms with Gasteiger partial charge in [0, 0.05) is 19.2 Å². The maximum absolute atomic E-state index is 11.7. The molecule has 1 heterocycles. The van der Waals surface area contributed by atoms with Crippen molar-refractivity contribution in [2.75, 3.05) is 44.8 Å². The molecule has 1 aromatic rings. The number of hydrogen-bond acceptors (Lipinski definition) is 5. The van der Waals surface area contributed by atoms with E-state index < -0.39 is 0 Å². The first-order chi connectivity index (χ1) is 11.1. The lowest BCUT2D eigenvalue weighted by atomic mass is 10.1. The molecular formula is C17H25N3O3. The Hall–Kier alpha value is -2.08. The first-order valence-electron chi connectivity index (χ1n) is 7.99. The van der Waals surface area contributed by atoms with Gasteiger partial charge in [-0.2, -0.15) is 0 Å². The average molecular weight is 319 g/mol. The molecule has 0 saturated carbocycles. The van der Waals surface area contributed by atoms with Crippen LogP contribution in [0, 0.1) is 0 Å². The SMILES string of the molecule is CCN(CC)CCO/N=C(\C)c1ccc2c(c1)N(C)C(=O)CO2. The molecule has 0 fully saturated rings. The quantitative estimate of drug-likeness (QED) is 0.439. The molecule has 6 nitrogen and oxygen atoms in total. The number of fused-ring (bicyclic) bond motifs is 1. The fourth-order valence-corrected chi connectivity index (χ4v) is 2.40. The number of ether oxygens (including phenoxy) is 1. The van der Waals surface area contributed by atoms with Crippen LogP contribution in [0.1, 0.15) is 26.3 Å². The number of amides is 1. The predicted molar refractivity (Wildman–Crippen MR) is 91.3 cm³/mol. The van der Waals surface area contributed by atoms with Crippen molar-refractivity contribution in [1.82, 2.24) is 4.90 Å². The van der Waals surface area contributed by atoms with Gasteiger partial charge in [-0.25, -0.2) is 0 Å². The van der Waals surface area contributed by atoms with E-state index in [-0.39, 0.29) is 12.5 Å². The average Bonchev–Trinajstić information content (AvgIpc) is 2.58. The molecule has 0 unspecified atom stereocenters. The smallest absolute Gasteiger partial charge is 0.264 e. The van der Waals surface area contributed by atoms with Crippen LogP contribution in [0.2, 0.25) is 0 Å². The molecule has 23 heavy (non-hydrogen) atoms. The summed E-state index contributed by atoms with van der Waals surface area (Å²) in [5.74, 6) is 0.658. The van der Waals surface area contributed by atoms with E-state index in [0.717, 1.165) is 36.6 Å². The molecule has 6 heteroatoms. The van der Waals surface area contributed by atoms with Gasteiger partial charge in [-0.1, -0.05) is 19.0 Å². The molecule has 2 rings (SSSR count). The third-order valence-corrected chi connectivity index (χ3v) is 4.06. The van der Waals surface area contributed by atoms with Crippen molar-refractivity contribution in [2.45, 2.75) is 20.8 Å². The van der Waals surface area contributed by atoms with Crippen molar-refractivity contribution < 1.29 is 14.4 Å². The molecule has 1 aromatic carbocycles. The van der Waals surface area contributed by atoms with Gasteiger partial charge in [-0.15, -0.1) is 0 Å². The van der Waals surface area contributed by atoms with Gasteiger partial charge in [-0.05, 0) is 38.2 Å². The molecule has 0 saturated heterocycles. The minimum Gasteiger partial charge on any atom is -0.482 e. The summed E-state index contributed by atoms with van der Waals surface area (Å²) in [4.78, 5) is 21.0. The Morgan fingerprint density at radius 3 is 2.83 bits per heavy atom. The van der Waals surface area contributed by atoms with Crippen LogP contribution < -0.4 is 9.64 Å². The maximum atomic E-state index is 11.7. The lowest BCUT2D eigenvalue weighted by molar-refractivity contribution is -0.120. The summed E-state index contributed by atoms with van der Waals surface area (Å²) in [5.41, 5.74) is 2.45. The first-order valence-corrected chi connectivity index (χ1v) is 7.99. The van der Waals surface area contributed by atoms with Crippen LogP contribution in [0.3, 0.4) is 0 Å². The molecule has 1 aliphatic heterocycles. The van der Waals surface area contributed by atoms with Gasteiger partial charge in [0.05, 0.1) is 11.4 Å². The number of likely N-dealkylation sites (N-methyl/N-ethyl adjacent to an activating group) is 2. The number of carbonyl (C=O) groups is 1. The van der Waals surface area contributed by atoms with E-state index in [2.05, 4.69) is 23.9 Å². The zero-order valence-electron chi connectivity index (χ0n) is 14.3. The molecule has 0 bridgehead atoms. The lowest BCUT2D eigenvalue weighted by Crippen LogP contribution is -2.35. The van der Waals surface area contributed by atoms with Gasteiger partial charge in [0.25, 0.3) is 5.91 Å². The predicted octanol–water partition coefficient (Wildman–Crippen LogP) is 2.12. The van der Waals surface area contributed by atoms with Crippen LogP contribution in [-0.2, 0) is 9.63 Å². The summed E-state index contributed by atoms with van der Waals surface area (Å²) in [5, 5.41) is 4.17. The summed E-state index contributed by atoms with van der Waals surface area (Å²) in [6, 6.07) is 5.69. The van der Waals surface area contributed by atoms with Gasteiger partial charge in [-0.3, -0.25) is 4.79 Å². The minimum absolute atomic E-state index is 0.0558. The summed E-state index contributed by atoms with van der Waals surface area (Å²) in [7, 11) is 1.75. The summed E-state index contributed by atoms with van der Waals surface area (Å²) in [6.45, 7) is 9.68. The van der Waals surface area contributed by atoms with E-state index >= 15 is 0 Å². The van der Waals surface area contributed by atoms with Crippen LogP contribution in [0.4, 0.5) is 5.69 Å². The minimum atomic E-state index is -0.0558. The molecule has 0 N–H and O–H groups in total. The highest BCUT2D eigenvalue weighted by Gasteiger charge is 2.22. The Kier molecular flexibility index (Phi) is 5.98. The van der Waals surface area contributed by atoms with Crippen LogP contribution in [-0.4, -0.2) is 56.4 Å². The van der Waals surface area contributed by atoms with Gasteiger partial charge in [0.1, 0.15) is 12.4 Å². The second-order valence-electron chi connectivity index (χ2n) is 5.46. The zero-order chi connectivity index (χ0) is 16.8. The summed E-state index contributed by atoms with van der Waals surface area (Å²) >= 11 is 0. The van der Waals surface area contributed by atoms with Crippen LogP contribution in [0.15, 0.2) is 23.4 Å². The van der Waals surface area contributed by atoms with Crippen molar-refractivity contribution in [1.29, 1.82) is 0 Å². The fourth-order valence-electron chi connectivity index (χ4n) is 2.40. The second kappa shape index (κ2) is 7.97. The van der Waals surface area contributed by atoms with Gasteiger partial charge < -0.3 is 19.4 Å². The Balaban J connectivity index is 2.01. The van der Waals surface area contributed by atoms with Crippen molar-refractivity contribution in [3.63, 3.8) is 0 Å².